The van der Waals surface area contributed by atoms with Gasteiger partial charge in [0.15, 0.2) is 34.5 Å². The van der Waals surface area contributed by atoms with Crippen LogP contribution in [-0.2, 0) is 22.5 Å². The number of ether oxygens (including phenoxy) is 3. The summed E-state index contributed by atoms with van der Waals surface area (Å²) in [6.45, 7) is 0.993. The van der Waals surface area contributed by atoms with Crippen LogP contribution in [0.25, 0.3) is 0 Å². The number of guanidine groups is 1. The Bertz CT molecular complexity index is 1520. The maximum atomic E-state index is 12.7. The van der Waals surface area contributed by atoms with Gasteiger partial charge < -0.3 is 31.0 Å². The molecule has 0 spiro atoms. The van der Waals surface area contributed by atoms with E-state index >= 15 is 0 Å². The minimum Gasteiger partial charge on any atom is -0.497 e. The SMILES string of the molecule is COc1ccc(CN2C(=O)OC(CCCOc3ccc(CCCCNC(=N)NC(=O)c4nc(Cl)c(N)nc4N)cc3)C2=O)cc1. The van der Waals surface area contributed by atoms with Crippen LogP contribution < -0.4 is 31.6 Å². The zero-order chi connectivity index (χ0) is 32.3. The third-order valence-corrected chi connectivity index (χ3v) is 7.14. The summed E-state index contributed by atoms with van der Waals surface area (Å²) in [7, 11) is 1.57. The molecule has 1 fully saturated rings. The number of benzene rings is 2. The largest absolute Gasteiger partial charge is 0.497 e. The number of amides is 3. The van der Waals surface area contributed by atoms with Gasteiger partial charge in [-0.25, -0.2) is 19.7 Å². The van der Waals surface area contributed by atoms with Gasteiger partial charge in [0, 0.05) is 6.54 Å². The zero-order valence-electron chi connectivity index (χ0n) is 24.7. The van der Waals surface area contributed by atoms with Crippen LogP contribution in [0.3, 0.4) is 0 Å². The number of cyclic esters (lactones) is 1. The number of hydrogen-bond acceptors (Lipinski definition) is 11. The predicted octanol–water partition coefficient (Wildman–Crippen LogP) is 3.29. The molecule has 1 unspecified atom stereocenters. The van der Waals surface area contributed by atoms with Crippen LogP contribution in [0.5, 0.6) is 11.5 Å². The summed E-state index contributed by atoms with van der Waals surface area (Å²) in [4.78, 5) is 45.9. The van der Waals surface area contributed by atoms with E-state index in [2.05, 4.69) is 20.6 Å². The van der Waals surface area contributed by atoms with Crippen LogP contribution in [0.1, 0.15) is 47.3 Å². The molecular formula is C30H35ClN8O6. The Hall–Kier alpha value is -5.11. The van der Waals surface area contributed by atoms with Crippen molar-refractivity contribution in [2.45, 2.75) is 44.8 Å². The lowest BCUT2D eigenvalue weighted by atomic mass is 10.1. The van der Waals surface area contributed by atoms with Crippen molar-refractivity contribution in [3.8, 4) is 11.5 Å². The van der Waals surface area contributed by atoms with Crippen LogP contribution in [-0.4, -0.2) is 65.1 Å². The second kappa shape index (κ2) is 15.6. The third-order valence-electron chi connectivity index (χ3n) is 6.86. The Morgan fingerprint density at radius 2 is 1.69 bits per heavy atom. The van der Waals surface area contributed by atoms with Gasteiger partial charge in [0.2, 0.25) is 0 Å². The van der Waals surface area contributed by atoms with Gasteiger partial charge in [-0.05, 0) is 67.5 Å². The van der Waals surface area contributed by atoms with E-state index in [1.54, 1.807) is 31.4 Å². The van der Waals surface area contributed by atoms with Crippen molar-refractivity contribution in [2.24, 2.45) is 0 Å². The number of rotatable bonds is 14. The fraction of sp³-hybridized carbons (Fsp3) is 0.333. The average Bonchev–Trinajstić information content (AvgIpc) is 3.29. The van der Waals surface area contributed by atoms with Gasteiger partial charge in [0.1, 0.15) is 11.5 Å². The molecule has 1 aliphatic rings. The lowest BCUT2D eigenvalue weighted by Crippen LogP contribution is -2.41. The lowest BCUT2D eigenvalue weighted by Gasteiger charge is -2.12. The van der Waals surface area contributed by atoms with E-state index in [-0.39, 0.29) is 40.9 Å². The molecule has 4 rings (SSSR count). The molecular weight excluding hydrogens is 604 g/mol. The normalized spacial score (nSPS) is 14.2. The number of nitrogen functional groups attached to an aromatic ring is 2. The topological polar surface area (TPSA) is 208 Å². The van der Waals surface area contributed by atoms with E-state index in [1.165, 1.54) is 0 Å². The average molecular weight is 639 g/mol. The number of aryl methyl sites for hydroxylation is 1. The lowest BCUT2D eigenvalue weighted by molar-refractivity contribution is -0.130. The first kappa shape index (κ1) is 32.8. The first-order valence-corrected chi connectivity index (χ1v) is 14.6. The van der Waals surface area contributed by atoms with Gasteiger partial charge in [0.25, 0.3) is 11.8 Å². The molecule has 2 aromatic carbocycles. The molecule has 3 amide bonds. The second-order valence-corrected chi connectivity index (χ2v) is 10.5. The summed E-state index contributed by atoms with van der Waals surface area (Å²) in [5.74, 6) is -0.130. The van der Waals surface area contributed by atoms with Gasteiger partial charge in [0.05, 0.1) is 20.3 Å². The Balaban J connectivity index is 1.09. The molecule has 0 aliphatic carbocycles. The first-order chi connectivity index (χ1) is 21.6. The molecule has 3 aromatic rings. The minimum absolute atomic E-state index is 0.0842. The van der Waals surface area contributed by atoms with Crippen LogP contribution in [0, 0.1) is 5.41 Å². The smallest absolute Gasteiger partial charge is 0.417 e. The summed E-state index contributed by atoms with van der Waals surface area (Å²) in [6.07, 6.45) is 1.89. The fourth-order valence-electron chi connectivity index (χ4n) is 4.44. The van der Waals surface area contributed by atoms with Crippen molar-refractivity contribution in [1.29, 1.82) is 5.41 Å². The number of hydrogen-bond donors (Lipinski definition) is 5. The molecule has 15 heteroatoms. The van der Waals surface area contributed by atoms with Crippen molar-refractivity contribution >= 4 is 47.1 Å². The number of carbonyl (C=O) groups excluding carboxylic acids is 3. The monoisotopic (exact) mass is 638 g/mol. The molecule has 14 nitrogen and oxygen atoms in total. The number of carbonyl (C=O) groups is 3. The first-order valence-electron chi connectivity index (χ1n) is 14.2. The number of anilines is 2. The molecule has 45 heavy (non-hydrogen) atoms. The summed E-state index contributed by atoms with van der Waals surface area (Å²) in [5.41, 5.74) is 12.9. The van der Waals surface area contributed by atoms with E-state index in [9.17, 15) is 14.4 Å². The van der Waals surface area contributed by atoms with Crippen LogP contribution in [0.2, 0.25) is 5.15 Å². The van der Waals surface area contributed by atoms with E-state index in [0.29, 0.717) is 37.5 Å². The highest BCUT2D eigenvalue weighted by atomic mass is 35.5. The molecule has 1 aliphatic heterocycles. The summed E-state index contributed by atoms with van der Waals surface area (Å²) in [5, 5.41) is 12.9. The molecule has 2 heterocycles. The molecule has 0 bridgehead atoms. The maximum Gasteiger partial charge on any atom is 0.417 e. The van der Waals surface area contributed by atoms with E-state index in [4.69, 9.17) is 42.7 Å². The molecule has 0 radical (unpaired) electrons. The van der Waals surface area contributed by atoms with E-state index < -0.39 is 18.1 Å². The summed E-state index contributed by atoms with van der Waals surface area (Å²) >= 11 is 5.79. The number of nitrogens with one attached hydrogen (secondary N) is 3. The van der Waals surface area contributed by atoms with Crippen molar-refractivity contribution in [3.05, 3.63) is 70.5 Å². The van der Waals surface area contributed by atoms with E-state index in [0.717, 1.165) is 35.3 Å². The number of nitrogens with zero attached hydrogens (tertiary/aromatic N) is 3. The van der Waals surface area contributed by atoms with Crippen molar-refractivity contribution in [1.82, 2.24) is 25.5 Å². The number of methoxy groups -OCH3 is 1. The van der Waals surface area contributed by atoms with Crippen LogP contribution >= 0.6 is 11.6 Å². The maximum absolute atomic E-state index is 12.7. The highest BCUT2D eigenvalue weighted by Crippen LogP contribution is 2.22. The Kier molecular flexibility index (Phi) is 11.3. The molecule has 7 N–H and O–H groups in total. The highest BCUT2D eigenvalue weighted by Gasteiger charge is 2.40. The Labute approximate surface area is 264 Å². The van der Waals surface area contributed by atoms with Crippen molar-refractivity contribution < 1.29 is 28.6 Å². The molecule has 1 saturated heterocycles. The number of imide groups is 1. The highest BCUT2D eigenvalue weighted by molar-refractivity contribution is 6.31. The van der Waals surface area contributed by atoms with Crippen LogP contribution in [0.4, 0.5) is 16.4 Å². The van der Waals surface area contributed by atoms with Gasteiger partial charge in [-0.2, -0.15) is 0 Å². The van der Waals surface area contributed by atoms with Crippen molar-refractivity contribution in [3.63, 3.8) is 0 Å². The van der Waals surface area contributed by atoms with Gasteiger partial charge in [-0.3, -0.25) is 20.3 Å². The third kappa shape index (κ3) is 9.19. The van der Waals surface area contributed by atoms with Gasteiger partial charge in [-0.15, -0.1) is 0 Å². The van der Waals surface area contributed by atoms with E-state index in [1.807, 2.05) is 24.3 Å². The number of halogens is 1. The zero-order valence-corrected chi connectivity index (χ0v) is 25.4. The Morgan fingerprint density at radius 1 is 1.00 bits per heavy atom. The number of nitrogens with two attached hydrogens (primary N) is 2. The summed E-state index contributed by atoms with van der Waals surface area (Å²) in [6, 6.07) is 14.9. The van der Waals surface area contributed by atoms with Gasteiger partial charge >= 0.3 is 6.09 Å². The molecule has 1 atom stereocenters. The predicted molar refractivity (Wildman–Crippen MR) is 167 cm³/mol. The molecule has 0 saturated carbocycles. The van der Waals surface area contributed by atoms with Gasteiger partial charge in [-0.1, -0.05) is 35.9 Å². The number of aromatic nitrogens is 2. The molecule has 238 valence electrons. The number of unbranched alkanes of at least 4 members (excludes halogenated alkanes) is 1. The standard InChI is InChI=1S/C30H35ClN8O6/c1-43-20-11-9-19(10-12-20)17-39-28(41)22(45-30(39)42)6-4-16-44-21-13-7-18(8-14-21)5-2-3-15-35-29(34)38-27(40)23-25(32)37-26(33)24(31)36-23/h7-14,22H,2-6,15-17H2,1H3,(H4,32,33,37)(H3,34,35,38,40). The quantitative estimate of drug-likeness (QED) is 0.0983. The minimum atomic E-state index is -0.813. The van der Waals surface area contributed by atoms with Crippen molar-refractivity contribution in [2.75, 3.05) is 31.7 Å². The molecule has 1 aromatic heterocycles. The Morgan fingerprint density at radius 3 is 2.40 bits per heavy atom. The summed E-state index contributed by atoms with van der Waals surface area (Å²) < 4.78 is 16.2. The second-order valence-electron chi connectivity index (χ2n) is 10.1. The van der Waals surface area contributed by atoms with Crippen LogP contribution in [0.15, 0.2) is 48.5 Å². The fourth-order valence-corrected chi connectivity index (χ4v) is 4.57.